The molecular weight excluding hydrogens is 210 g/mol. The topological polar surface area (TPSA) is 39.2 Å². The number of rotatable bonds is 2. The van der Waals surface area contributed by atoms with Gasteiger partial charge in [-0.1, -0.05) is 25.7 Å². The van der Waals surface area contributed by atoms with E-state index < -0.39 is 0 Å². The largest absolute Gasteiger partial charge is 0.468 e. The van der Waals surface area contributed by atoms with E-state index in [2.05, 4.69) is 0 Å². The summed E-state index contributed by atoms with van der Waals surface area (Å²) in [6.07, 6.45) is 9.66. The van der Waals surface area contributed by atoms with Gasteiger partial charge in [0.1, 0.15) is 5.76 Å². The van der Waals surface area contributed by atoms with Crippen molar-refractivity contribution in [3.05, 3.63) is 24.2 Å². The quantitative estimate of drug-likeness (QED) is 0.786. The third kappa shape index (κ3) is 3.25. The zero-order valence-corrected chi connectivity index (χ0v) is 9.84. The predicted molar refractivity (Wildman–Crippen MR) is 64.1 cm³/mol. The molecule has 1 aromatic rings. The Balaban J connectivity index is 0.00000112. The summed E-state index contributed by atoms with van der Waals surface area (Å²) >= 11 is 0. The van der Waals surface area contributed by atoms with Gasteiger partial charge in [0.2, 0.25) is 0 Å². The number of halogens is 1. The van der Waals surface area contributed by atoms with E-state index in [1.165, 1.54) is 38.5 Å². The molecule has 0 aromatic carbocycles. The number of furan rings is 1. The molecule has 0 bridgehead atoms. The maximum Gasteiger partial charge on any atom is 0.120 e. The van der Waals surface area contributed by atoms with Crippen LogP contribution in [0.15, 0.2) is 22.8 Å². The van der Waals surface area contributed by atoms with E-state index in [0.29, 0.717) is 5.92 Å². The standard InChI is InChI=1S/C12H19NO.ClH/c13-12(11-8-5-9-14-11)10-6-3-1-2-4-7-10;/h5,8-10,12H,1-4,6-7,13H2;1H. The smallest absolute Gasteiger partial charge is 0.120 e. The molecule has 1 fully saturated rings. The van der Waals surface area contributed by atoms with Crippen molar-refractivity contribution in [2.75, 3.05) is 0 Å². The summed E-state index contributed by atoms with van der Waals surface area (Å²) in [7, 11) is 0. The van der Waals surface area contributed by atoms with Crippen LogP contribution >= 0.6 is 12.4 Å². The second-order valence-corrected chi connectivity index (χ2v) is 4.29. The Bertz CT molecular complexity index is 253. The molecule has 0 aliphatic heterocycles. The zero-order chi connectivity index (χ0) is 9.80. The number of hydrogen-bond donors (Lipinski definition) is 1. The molecule has 1 saturated carbocycles. The van der Waals surface area contributed by atoms with Crippen molar-refractivity contribution in [2.45, 2.75) is 44.6 Å². The summed E-state index contributed by atoms with van der Waals surface area (Å²) in [5.41, 5.74) is 6.19. The highest BCUT2D eigenvalue weighted by Gasteiger charge is 2.22. The molecule has 1 aromatic heterocycles. The van der Waals surface area contributed by atoms with Crippen LogP contribution in [0.3, 0.4) is 0 Å². The van der Waals surface area contributed by atoms with E-state index >= 15 is 0 Å². The fourth-order valence-corrected chi connectivity index (χ4v) is 2.38. The van der Waals surface area contributed by atoms with Crippen LogP contribution in [0.5, 0.6) is 0 Å². The summed E-state index contributed by atoms with van der Waals surface area (Å²) in [6.45, 7) is 0. The van der Waals surface area contributed by atoms with Crippen LogP contribution < -0.4 is 5.73 Å². The molecule has 0 amide bonds. The minimum atomic E-state index is 0. The molecule has 2 nitrogen and oxygen atoms in total. The number of nitrogens with two attached hydrogens (primary N) is 1. The lowest BCUT2D eigenvalue weighted by atomic mass is 9.91. The molecule has 1 unspecified atom stereocenters. The lowest BCUT2D eigenvalue weighted by Crippen LogP contribution is -2.20. The first-order valence-corrected chi connectivity index (χ1v) is 5.67. The van der Waals surface area contributed by atoms with Gasteiger partial charge in [-0.25, -0.2) is 0 Å². The maximum atomic E-state index is 6.19. The van der Waals surface area contributed by atoms with Crippen molar-refractivity contribution in [3.8, 4) is 0 Å². The van der Waals surface area contributed by atoms with Crippen LogP contribution in [0.25, 0.3) is 0 Å². The van der Waals surface area contributed by atoms with Crippen LogP contribution in [0, 0.1) is 5.92 Å². The molecule has 0 radical (unpaired) electrons. The predicted octanol–water partition coefficient (Wildman–Crippen LogP) is 3.67. The minimum absolute atomic E-state index is 0. The second-order valence-electron chi connectivity index (χ2n) is 4.29. The number of hydrogen-bond acceptors (Lipinski definition) is 2. The van der Waals surface area contributed by atoms with E-state index in [0.717, 1.165) is 5.76 Å². The van der Waals surface area contributed by atoms with Crippen molar-refractivity contribution in [1.82, 2.24) is 0 Å². The Morgan fingerprint density at radius 2 is 1.87 bits per heavy atom. The molecule has 2 N–H and O–H groups in total. The highest BCUT2D eigenvalue weighted by molar-refractivity contribution is 5.85. The maximum absolute atomic E-state index is 6.19. The monoisotopic (exact) mass is 229 g/mol. The van der Waals surface area contributed by atoms with Crippen LogP contribution in [-0.4, -0.2) is 0 Å². The average Bonchev–Trinajstić information content (AvgIpc) is 2.59. The Kier molecular flexibility index (Phi) is 5.20. The first-order valence-electron chi connectivity index (χ1n) is 5.67. The van der Waals surface area contributed by atoms with Gasteiger partial charge in [-0.3, -0.25) is 0 Å². The van der Waals surface area contributed by atoms with Crippen LogP contribution in [0.1, 0.15) is 50.3 Å². The summed E-state index contributed by atoms with van der Waals surface area (Å²) in [6, 6.07) is 4.03. The summed E-state index contributed by atoms with van der Waals surface area (Å²) in [5.74, 6) is 1.58. The summed E-state index contributed by atoms with van der Waals surface area (Å²) < 4.78 is 5.36. The van der Waals surface area contributed by atoms with Gasteiger partial charge < -0.3 is 10.2 Å². The van der Waals surface area contributed by atoms with E-state index in [1.54, 1.807) is 6.26 Å². The molecule has 0 saturated heterocycles. The average molecular weight is 230 g/mol. The first kappa shape index (κ1) is 12.6. The van der Waals surface area contributed by atoms with Gasteiger partial charge in [0.05, 0.1) is 12.3 Å². The van der Waals surface area contributed by atoms with Crippen LogP contribution in [-0.2, 0) is 0 Å². The van der Waals surface area contributed by atoms with Crippen molar-refractivity contribution in [1.29, 1.82) is 0 Å². The lowest BCUT2D eigenvalue weighted by molar-refractivity contribution is 0.332. The molecule has 1 heterocycles. The molecule has 0 spiro atoms. The molecule has 2 rings (SSSR count). The third-order valence-electron chi connectivity index (χ3n) is 3.28. The minimum Gasteiger partial charge on any atom is -0.468 e. The molecule has 1 aliphatic carbocycles. The van der Waals surface area contributed by atoms with Gasteiger partial charge in [0.25, 0.3) is 0 Å². The van der Waals surface area contributed by atoms with E-state index in [1.807, 2.05) is 12.1 Å². The van der Waals surface area contributed by atoms with E-state index in [9.17, 15) is 0 Å². The Hall–Kier alpha value is -0.470. The lowest BCUT2D eigenvalue weighted by Gasteiger charge is -2.20. The van der Waals surface area contributed by atoms with Gasteiger partial charge in [-0.2, -0.15) is 0 Å². The fourth-order valence-electron chi connectivity index (χ4n) is 2.38. The van der Waals surface area contributed by atoms with Gasteiger partial charge in [-0.15, -0.1) is 12.4 Å². The van der Waals surface area contributed by atoms with Crippen molar-refractivity contribution in [3.63, 3.8) is 0 Å². The van der Waals surface area contributed by atoms with Gasteiger partial charge in [0, 0.05) is 0 Å². The molecule has 86 valence electrons. The first-order chi connectivity index (χ1) is 6.88. The molecule has 1 atom stereocenters. The molecule has 15 heavy (non-hydrogen) atoms. The van der Waals surface area contributed by atoms with Gasteiger partial charge >= 0.3 is 0 Å². The fraction of sp³-hybridized carbons (Fsp3) is 0.667. The highest BCUT2D eigenvalue weighted by Crippen LogP contribution is 2.31. The SMILES string of the molecule is Cl.NC(c1ccco1)C1CCCCCC1. The van der Waals surface area contributed by atoms with Crippen molar-refractivity contribution >= 4 is 12.4 Å². The van der Waals surface area contributed by atoms with Gasteiger partial charge in [0.15, 0.2) is 0 Å². The molecular formula is C12H20ClNO. The van der Waals surface area contributed by atoms with Crippen LogP contribution in [0.2, 0.25) is 0 Å². The van der Waals surface area contributed by atoms with Crippen molar-refractivity contribution < 1.29 is 4.42 Å². The summed E-state index contributed by atoms with van der Waals surface area (Å²) in [4.78, 5) is 0. The summed E-state index contributed by atoms with van der Waals surface area (Å²) in [5, 5.41) is 0. The van der Waals surface area contributed by atoms with Crippen molar-refractivity contribution in [2.24, 2.45) is 11.7 Å². The normalized spacial score (nSPS) is 20.3. The third-order valence-corrected chi connectivity index (χ3v) is 3.28. The second kappa shape index (κ2) is 6.19. The zero-order valence-electron chi connectivity index (χ0n) is 9.02. The van der Waals surface area contributed by atoms with E-state index in [4.69, 9.17) is 10.2 Å². The molecule has 1 aliphatic rings. The Labute approximate surface area is 97.6 Å². The van der Waals surface area contributed by atoms with E-state index in [-0.39, 0.29) is 18.4 Å². The molecule has 3 heteroatoms. The Morgan fingerprint density at radius 1 is 1.20 bits per heavy atom. The van der Waals surface area contributed by atoms with Gasteiger partial charge in [-0.05, 0) is 30.9 Å². The highest BCUT2D eigenvalue weighted by atomic mass is 35.5. The Morgan fingerprint density at radius 3 is 2.40 bits per heavy atom. The van der Waals surface area contributed by atoms with Crippen LogP contribution in [0.4, 0.5) is 0 Å².